The molecule has 1 heterocycles. The molecule has 1 aliphatic rings. The van der Waals surface area contributed by atoms with Gasteiger partial charge in [0.1, 0.15) is 6.10 Å². The van der Waals surface area contributed by atoms with Gasteiger partial charge < -0.3 is 14.3 Å². The molecule has 1 saturated heterocycles. The van der Waals surface area contributed by atoms with Gasteiger partial charge in [0, 0.05) is 0 Å². The summed E-state index contributed by atoms with van der Waals surface area (Å²) < 4.78 is 10.2. The van der Waals surface area contributed by atoms with Crippen LogP contribution in [0.2, 0.25) is 0 Å². The number of carbonyl (C=O) groups excluding carboxylic acids is 1. The molecule has 0 spiro atoms. The summed E-state index contributed by atoms with van der Waals surface area (Å²) in [5.74, 6) is -0.564. The Kier molecular flexibility index (Phi) is 5.84. The van der Waals surface area contributed by atoms with Crippen molar-refractivity contribution in [1.82, 2.24) is 0 Å². The molecule has 1 fully saturated rings. The molecule has 12 heavy (non-hydrogen) atoms. The Bertz CT molecular complexity index is 139. The number of aldehydes is 1. The van der Waals surface area contributed by atoms with E-state index < -0.39 is 5.79 Å². The van der Waals surface area contributed by atoms with Gasteiger partial charge in [-0.1, -0.05) is 0 Å². The van der Waals surface area contributed by atoms with Crippen LogP contribution in [0, 0.1) is 0 Å². The van der Waals surface area contributed by atoms with E-state index in [4.69, 9.17) is 32.7 Å². The van der Waals surface area contributed by atoms with Crippen LogP contribution in [0.1, 0.15) is 13.8 Å². The molecule has 1 atom stereocenters. The number of halogens is 2. The highest BCUT2D eigenvalue weighted by atomic mass is 35.5. The smallest absolute Gasteiger partial charge is 0.163 e. The molecule has 0 amide bonds. The number of hydrogen-bond donors (Lipinski definition) is 0. The third-order valence-electron chi connectivity index (χ3n) is 1.18. The second-order valence-corrected chi connectivity index (χ2v) is 3.41. The molecule has 1 unspecified atom stereocenters. The number of alkyl halides is 2. The van der Waals surface area contributed by atoms with Crippen molar-refractivity contribution in [2.24, 2.45) is 0 Å². The van der Waals surface area contributed by atoms with Crippen molar-refractivity contribution in [3.8, 4) is 0 Å². The molecular formula is C7H12Cl2O3. The lowest BCUT2D eigenvalue weighted by atomic mass is 10.4. The highest BCUT2D eigenvalue weighted by Crippen LogP contribution is 2.20. The molecule has 0 N–H and O–H groups in total. The first-order chi connectivity index (χ1) is 5.55. The van der Waals surface area contributed by atoms with Gasteiger partial charge in [-0.25, -0.2) is 0 Å². The van der Waals surface area contributed by atoms with Gasteiger partial charge in [-0.2, -0.15) is 0 Å². The van der Waals surface area contributed by atoms with Gasteiger partial charge in [-0.3, -0.25) is 0 Å². The minimum atomic E-state index is -0.564. The first kappa shape index (κ1) is 12.2. The maximum absolute atomic E-state index is 10.1. The molecule has 1 rings (SSSR count). The van der Waals surface area contributed by atoms with Crippen LogP contribution in [-0.4, -0.2) is 30.1 Å². The highest BCUT2D eigenvalue weighted by molar-refractivity contribution is 6.40. The van der Waals surface area contributed by atoms with Crippen molar-refractivity contribution in [2.45, 2.75) is 25.7 Å². The van der Waals surface area contributed by atoms with Gasteiger partial charge >= 0.3 is 0 Å². The van der Waals surface area contributed by atoms with Gasteiger partial charge in [0.05, 0.1) is 11.9 Å². The van der Waals surface area contributed by atoms with E-state index in [9.17, 15) is 4.79 Å². The maximum atomic E-state index is 10.1. The molecule has 0 aliphatic carbocycles. The predicted molar refractivity (Wildman–Crippen MR) is 47.5 cm³/mol. The van der Waals surface area contributed by atoms with Crippen LogP contribution in [0.4, 0.5) is 0 Å². The average molecular weight is 215 g/mol. The van der Waals surface area contributed by atoms with Gasteiger partial charge in [-0.15, -0.1) is 23.2 Å². The van der Waals surface area contributed by atoms with Crippen LogP contribution in [-0.2, 0) is 14.3 Å². The van der Waals surface area contributed by atoms with Crippen molar-refractivity contribution in [3.05, 3.63) is 0 Å². The highest BCUT2D eigenvalue weighted by Gasteiger charge is 2.31. The monoisotopic (exact) mass is 214 g/mol. The first-order valence-corrected chi connectivity index (χ1v) is 4.51. The van der Waals surface area contributed by atoms with E-state index in [-0.39, 0.29) is 11.4 Å². The van der Waals surface area contributed by atoms with Crippen molar-refractivity contribution < 1.29 is 14.3 Å². The molecule has 72 valence electrons. The van der Waals surface area contributed by atoms with E-state index in [1.807, 2.05) is 0 Å². The Morgan fingerprint density at radius 1 is 1.58 bits per heavy atom. The van der Waals surface area contributed by atoms with Crippen LogP contribution < -0.4 is 0 Å². The number of carbonyl (C=O) groups is 1. The summed E-state index contributed by atoms with van der Waals surface area (Å²) in [6.45, 7) is 3.96. The molecule has 1 aliphatic heterocycles. The van der Waals surface area contributed by atoms with E-state index in [2.05, 4.69) is 0 Å². The summed E-state index contributed by atoms with van der Waals surface area (Å²) in [5, 5.41) is 0.194. The fourth-order valence-corrected chi connectivity index (χ4v) is 0.782. The standard InChI is InChI=1S/C6H10O3.CH2Cl2/c1-6(2)8-4-5(3-7)9-6;2-1-3/h3,5H,4H2,1-2H3;1H2. The second kappa shape index (κ2) is 5.75. The van der Waals surface area contributed by atoms with Crippen molar-refractivity contribution in [2.75, 3.05) is 11.9 Å². The van der Waals surface area contributed by atoms with Gasteiger partial charge in [0.2, 0.25) is 0 Å². The lowest BCUT2D eigenvalue weighted by Gasteiger charge is -2.14. The van der Waals surface area contributed by atoms with Crippen molar-refractivity contribution in [3.63, 3.8) is 0 Å². The minimum absolute atomic E-state index is 0.194. The number of ether oxygens (including phenoxy) is 2. The van der Waals surface area contributed by atoms with Crippen LogP contribution >= 0.6 is 23.2 Å². The summed E-state index contributed by atoms with van der Waals surface area (Å²) in [7, 11) is 0. The SMILES string of the molecule is CC1(C)OCC(C=O)O1.ClCCl. The summed E-state index contributed by atoms with van der Waals surface area (Å²) >= 11 is 9.53. The number of hydrogen-bond acceptors (Lipinski definition) is 3. The van der Waals surface area contributed by atoms with Gasteiger partial charge in [-0.05, 0) is 13.8 Å². The molecular weight excluding hydrogens is 203 g/mol. The third-order valence-corrected chi connectivity index (χ3v) is 1.18. The van der Waals surface area contributed by atoms with E-state index in [1.165, 1.54) is 0 Å². The molecule has 0 aromatic heterocycles. The Morgan fingerprint density at radius 3 is 2.25 bits per heavy atom. The summed E-state index contributed by atoms with van der Waals surface area (Å²) in [4.78, 5) is 10.1. The lowest BCUT2D eigenvalue weighted by Crippen LogP contribution is -2.21. The Morgan fingerprint density at radius 2 is 2.08 bits per heavy atom. The average Bonchev–Trinajstić information content (AvgIpc) is 2.32. The Labute approximate surface area is 81.9 Å². The summed E-state index contributed by atoms with van der Waals surface area (Å²) in [6.07, 6.45) is 0.398. The number of rotatable bonds is 1. The van der Waals surface area contributed by atoms with Crippen LogP contribution in [0.3, 0.4) is 0 Å². The van der Waals surface area contributed by atoms with E-state index in [0.717, 1.165) is 6.29 Å². The normalized spacial score (nSPS) is 25.8. The van der Waals surface area contributed by atoms with Crippen LogP contribution in [0.25, 0.3) is 0 Å². The van der Waals surface area contributed by atoms with Crippen molar-refractivity contribution >= 4 is 29.5 Å². The van der Waals surface area contributed by atoms with Crippen LogP contribution in [0.15, 0.2) is 0 Å². The zero-order valence-corrected chi connectivity index (χ0v) is 8.56. The first-order valence-electron chi connectivity index (χ1n) is 3.44. The fourth-order valence-electron chi connectivity index (χ4n) is 0.782. The predicted octanol–water partition coefficient (Wildman–Crippen LogP) is 1.76. The van der Waals surface area contributed by atoms with Crippen LogP contribution in [0.5, 0.6) is 0 Å². The van der Waals surface area contributed by atoms with E-state index >= 15 is 0 Å². The molecule has 0 aromatic rings. The topological polar surface area (TPSA) is 35.5 Å². The molecule has 0 aromatic carbocycles. The second-order valence-electron chi connectivity index (χ2n) is 2.60. The third kappa shape index (κ3) is 4.93. The lowest BCUT2D eigenvalue weighted by molar-refractivity contribution is -0.145. The molecule has 0 bridgehead atoms. The fraction of sp³-hybridized carbons (Fsp3) is 0.857. The van der Waals surface area contributed by atoms with E-state index in [1.54, 1.807) is 13.8 Å². The zero-order valence-electron chi connectivity index (χ0n) is 7.05. The molecule has 3 nitrogen and oxygen atoms in total. The van der Waals surface area contributed by atoms with Crippen molar-refractivity contribution in [1.29, 1.82) is 0 Å². The largest absolute Gasteiger partial charge is 0.347 e. The Hall–Kier alpha value is 0.170. The molecule has 0 saturated carbocycles. The zero-order chi connectivity index (χ0) is 9.61. The quantitative estimate of drug-likeness (QED) is 0.493. The molecule has 0 radical (unpaired) electrons. The maximum Gasteiger partial charge on any atom is 0.163 e. The Balaban J connectivity index is 0.000000354. The molecule has 5 heteroatoms. The minimum Gasteiger partial charge on any atom is -0.347 e. The van der Waals surface area contributed by atoms with Gasteiger partial charge in [0.25, 0.3) is 0 Å². The summed E-state index contributed by atoms with van der Waals surface area (Å²) in [6, 6.07) is 0. The van der Waals surface area contributed by atoms with E-state index in [0.29, 0.717) is 6.61 Å². The van der Waals surface area contributed by atoms with Gasteiger partial charge in [0.15, 0.2) is 12.1 Å². The summed E-state index contributed by atoms with van der Waals surface area (Å²) in [5.41, 5.74) is 0.